The topological polar surface area (TPSA) is 32.6 Å². The normalized spacial score (nSPS) is 12.1. The molecule has 0 amide bonds. The lowest BCUT2D eigenvalue weighted by atomic mass is 10.5. The van der Waals surface area contributed by atoms with E-state index in [0.29, 0.717) is 9.21 Å². The summed E-state index contributed by atoms with van der Waals surface area (Å²) in [6.07, 6.45) is 0. The summed E-state index contributed by atoms with van der Waals surface area (Å²) in [5.74, 6) is 0. The number of hydrogen-bond acceptors (Lipinski definition) is 3. The van der Waals surface area contributed by atoms with Gasteiger partial charge in [-0.25, -0.2) is 0 Å². The summed E-state index contributed by atoms with van der Waals surface area (Å²) in [6, 6.07) is 1.69. The van der Waals surface area contributed by atoms with Gasteiger partial charge >= 0.3 is 0 Å². The molecule has 0 fully saturated rings. The smallest absolute Gasteiger partial charge is 0.185 e. The summed E-state index contributed by atoms with van der Waals surface area (Å²) in [5, 5.41) is 11.2. The van der Waals surface area contributed by atoms with Crippen molar-refractivity contribution in [3.8, 4) is 0 Å². The van der Waals surface area contributed by atoms with Crippen molar-refractivity contribution in [1.82, 2.24) is 0 Å². The minimum atomic E-state index is 0.0441. The van der Waals surface area contributed by atoms with Crippen molar-refractivity contribution in [3.63, 3.8) is 0 Å². The molecule has 0 aliphatic carbocycles. The molecule has 0 unspecified atom stereocenters. The van der Waals surface area contributed by atoms with Crippen LogP contribution in [0.15, 0.2) is 15.7 Å². The summed E-state index contributed by atoms with van der Waals surface area (Å²) in [7, 11) is 0. The van der Waals surface area contributed by atoms with Crippen LogP contribution in [0.1, 0.15) is 4.88 Å². The number of nitrogens with zero attached hydrogens (tertiary/aromatic N) is 1. The molecule has 0 aliphatic heterocycles. The van der Waals surface area contributed by atoms with Gasteiger partial charge in [-0.05, 0) is 22.0 Å². The molecule has 0 radical (unpaired) electrons. The third-order valence-electron chi connectivity index (χ3n) is 0.936. The lowest BCUT2D eigenvalue weighted by molar-refractivity contribution is 0.321. The average molecular weight is 275 g/mol. The number of halogens is 3. The van der Waals surface area contributed by atoms with Gasteiger partial charge in [-0.3, -0.25) is 0 Å². The highest BCUT2D eigenvalue weighted by Gasteiger charge is 2.08. The molecule has 0 saturated heterocycles. The van der Waals surface area contributed by atoms with E-state index < -0.39 is 0 Å². The van der Waals surface area contributed by atoms with Crippen molar-refractivity contribution in [1.29, 1.82) is 0 Å². The predicted octanol–water partition coefficient (Wildman–Crippen LogP) is 3.54. The van der Waals surface area contributed by atoms with E-state index in [-0.39, 0.29) is 5.17 Å². The fraction of sp³-hybridized carbons (Fsp3) is 0. The SMILES string of the molecule is O/N=C(\Cl)c1cc(Br)c(Cl)s1. The molecule has 1 heterocycles. The summed E-state index contributed by atoms with van der Waals surface area (Å²) in [4.78, 5) is 0.631. The molecule has 1 N–H and O–H groups in total. The van der Waals surface area contributed by atoms with Crippen LogP contribution in [-0.2, 0) is 0 Å². The van der Waals surface area contributed by atoms with Crippen molar-refractivity contribution in [3.05, 3.63) is 19.8 Å². The maximum atomic E-state index is 8.29. The first kappa shape index (κ1) is 9.32. The van der Waals surface area contributed by atoms with Crippen molar-refractivity contribution in [2.24, 2.45) is 5.16 Å². The van der Waals surface area contributed by atoms with Crippen LogP contribution < -0.4 is 0 Å². The second kappa shape index (κ2) is 3.76. The van der Waals surface area contributed by atoms with Crippen LogP contribution in [-0.4, -0.2) is 10.4 Å². The Morgan fingerprint density at radius 3 is 2.73 bits per heavy atom. The molecule has 0 bridgehead atoms. The molecule has 0 atom stereocenters. The highest BCUT2D eigenvalue weighted by Crippen LogP contribution is 2.32. The highest BCUT2D eigenvalue weighted by atomic mass is 79.9. The summed E-state index contributed by atoms with van der Waals surface area (Å²) >= 11 is 15.7. The Morgan fingerprint density at radius 2 is 2.36 bits per heavy atom. The highest BCUT2D eigenvalue weighted by molar-refractivity contribution is 9.10. The molecule has 0 saturated carbocycles. The minimum Gasteiger partial charge on any atom is -0.410 e. The molecular formula is C5H2BrCl2NOS. The standard InChI is InChI=1S/C5H2BrCl2NOS/c6-2-1-3(4(7)9-10)11-5(2)8/h1,10H/b9-4-. The van der Waals surface area contributed by atoms with E-state index in [9.17, 15) is 0 Å². The second-order valence-electron chi connectivity index (χ2n) is 1.62. The fourth-order valence-electron chi connectivity index (χ4n) is 0.498. The van der Waals surface area contributed by atoms with Gasteiger partial charge < -0.3 is 5.21 Å². The minimum absolute atomic E-state index is 0.0441. The zero-order chi connectivity index (χ0) is 8.43. The predicted molar refractivity (Wildman–Crippen MR) is 51.2 cm³/mol. The first-order valence-corrected chi connectivity index (χ1v) is 4.84. The Balaban J connectivity index is 3.07. The van der Waals surface area contributed by atoms with Crippen LogP contribution in [0.4, 0.5) is 0 Å². The molecule has 1 aromatic heterocycles. The van der Waals surface area contributed by atoms with E-state index in [4.69, 9.17) is 28.4 Å². The Morgan fingerprint density at radius 1 is 1.73 bits per heavy atom. The zero-order valence-electron chi connectivity index (χ0n) is 5.01. The summed E-state index contributed by atoms with van der Waals surface area (Å²) in [5.41, 5.74) is 0. The number of thiophene rings is 1. The first-order valence-electron chi connectivity index (χ1n) is 2.48. The van der Waals surface area contributed by atoms with E-state index in [2.05, 4.69) is 21.1 Å². The summed E-state index contributed by atoms with van der Waals surface area (Å²) < 4.78 is 1.34. The Kier molecular flexibility index (Phi) is 3.18. The van der Waals surface area contributed by atoms with Gasteiger partial charge in [0.25, 0.3) is 0 Å². The van der Waals surface area contributed by atoms with Gasteiger partial charge in [0.1, 0.15) is 4.34 Å². The number of hydrogen-bond donors (Lipinski definition) is 1. The molecule has 11 heavy (non-hydrogen) atoms. The van der Waals surface area contributed by atoms with Crippen LogP contribution in [0, 0.1) is 0 Å². The average Bonchev–Trinajstić information content (AvgIpc) is 2.31. The number of rotatable bonds is 1. The van der Waals surface area contributed by atoms with E-state index in [1.807, 2.05) is 0 Å². The second-order valence-corrected chi connectivity index (χ2v) is 4.49. The lowest BCUT2D eigenvalue weighted by Crippen LogP contribution is -1.83. The van der Waals surface area contributed by atoms with Crippen molar-refractivity contribution in [2.75, 3.05) is 0 Å². The van der Waals surface area contributed by atoms with Gasteiger partial charge in [0, 0.05) is 4.47 Å². The molecule has 0 aliphatic rings. The quantitative estimate of drug-likeness (QED) is 0.474. The van der Waals surface area contributed by atoms with E-state index >= 15 is 0 Å². The largest absolute Gasteiger partial charge is 0.410 e. The van der Waals surface area contributed by atoms with Gasteiger partial charge in [-0.1, -0.05) is 28.4 Å². The van der Waals surface area contributed by atoms with Crippen molar-refractivity contribution < 1.29 is 5.21 Å². The molecule has 2 nitrogen and oxygen atoms in total. The van der Waals surface area contributed by atoms with Gasteiger partial charge in [0.15, 0.2) is 5.17 Å². The van der Waals surface area contributed by atoms with Gasteiger partial charge in [0.2, 0.25) is 0 Å². The van der Waals surface area contributed by atoms with Gasteiger partial charge in [-0.2, -0.15) is 0 Å². The van der Waals surface area contributed by atoms with Crippen LogP contribution >= 0.6 is 50.5 Å². The molecule has 1 aromatic rings. The Labute approximate surface area is 85.6 Å². The van der Waals surface area contributed by atoms with Crippen LogP contribution in [0.25, 0.3) is 0 Å². The molecule has 1 rings (SSSR count). The van der Waals surface area contributed by atoms with E-state index in [1.54, 1.807) is 6.07 Å². The molecule has 60 valence electrons. The maximum Gasteiger partial charge on any atom is 0.185 e. The van der Waals surface area contributed by atoms with Gasteiger partial charge in [0.05, 0.1) is 4.88 Å². The van der Waals surface area contributed by atoms with E-state index in [1.165, 1.54) is 11.3 Å². The van der Waals surface area contributed by atoms with E-state index in [0.717, 1.165) is 4.47 Å². The molecule has 0 aromatic carbocycles. The zero-order valence-corrected chi connectivity index (χ0v) is 8.93. The monoisotopic (exact) mass is 273 g/mol. The molecular weight excluding hydrogens is 273 g/mol. The molecule has 0 spiro atoms. The molecule has 6 heteroatoms. The van der Waals surface area contributed by atoms with Crippen LogP contribution in [0.2, 0.25) is 4.34 Å². The first-order chi connectivity index (χ1) is 5.15. The van der Waals surface area contributed by atoms with Crippen molar-refractivity contribution in [2.45, 2.75) is 0 Å². The third kappa shape index (κ3) is 2.08. The van der Waals surface area contributed by atoms with Crippen LogP contribution in [0.3, 0.4) is 0 Å². The van der Waals surface area contributed by atoms with Gasteiger partial charge in [-0.15, -0.1) is 11.3 Å². The summed E-state index contributed by atoms with van der Waals surface area (Å²) in [6.45, 7) is 0. The van der Waals surface area contributed by atoms with Crippen LogP contribution in [0.5, 0.6) is 0 Å². The fourth-order valence-corrected chi connectivity index (χ4v) is 2.25. The number of oxime groups is 1. The maximum absolute atomic E-state index is 8.29. The Bertz CT molecular complexity index is 279. The Hall–Kier alpha value is 0.230. The lowest BCUT2D eigenvalue weighted by Gasteiger charge is -1.84. The van der Waals surface area contributed by atoms with Crippen molar-refractivity contribution >= 4 is 55.6 Å². The third-order valence-corrected chi connectivity index (χ3v) is 3.81.